The second-order valence-corrected chi connectivity index (χ2v) is 6.59. The molecule has 0 saturated carbocycles. The molecule has 30 heavy (non-hydrogen) atoms. The van der Waals surface area contributed by atoms with Gasteiger partial charge in [-0.3, -0.25) is 0 Å². The lowest BCUT2D eigenvalue weighted by Gasteiger charge is -2.12. The largest absolute Gasteiger partial charge is 0.225 e. The van der Waals surface area contributed by atoms with E-state index in [9.17, 15) is 0 Å². The van der Waals surface area contributed by atoms with Crippen LogP contribution in [0.3, 0.4) is 0 Å². The van der Waals surface area contributed by atoms with Gasteiger partial charge in [-0.2, -0.15) is 0 Å². The van der Waals surface area contributed by atoms with E-state index < -0.39 is 0 Å². The molecule has 2 rings (SSSR count). The first-order valence-electron chi connectivity index (χ1n) is 12.0. The van der Waals surface area contributed by atoms with Crippen LogP contribution in [-0.2, 0) is 0 Å². The summed E-state index contributed by atoms with van der Waals surface area (Å²) in [6, 6.07) is 1.98. The van der Waals surface area contributed by atoms with Crippen molar-refractivity contribution in [3.63, 3.8) is 0 Å². The molecular weight excluding hydrogens is 372 g/mol. The van der Waals surface area contributed by atoms with Gasteiger partial charge in [0.05, 0.1) is 11.9 Å². The van der Waals surface area contributed by atoms with Crippen LogP contribution >= 0.6 is 0 Å². The molecule has 172 valence electrons. The lowest BCUT2D eigenvalue weighted by Crippen LogP contribution is -2.04. The minimum atomic E-state index is 0.526. The van der Waals surface area contributed by atoms with Crippen molar-refractivity contribution in [2.24, 2.45) is 0 Å². The smallest absolute Gasteiger partial charge is 0.135 e. The fourth-order valence-electron chi connectivity index (χ4n) is 3.16. The Balaban J connectivity index is 0. The standard InChI is InChI=1S/2C10H17N3.2C2H6/c1-3-5-9(6-4-2)10-12-7-11-8-13-10;1-3-5-9(6-4-2)10-7-8-11-13-12-10;2*1-2/h2*7-9H,3-6H2,1-2H3;2*1-2H3. The third kappa shape index (κ3) is 14.1. The molecule has 0 aliphatic carbocycles. The Hall–Kier alpha value is -1.98. The number of nitrogens with zero attached hydrogens (tertiary/aromatic N) is 6. The van der Waals surface area contributed by atoms with Gasteiger partial charge in [-0.25, -0.2) is 15.0 Å². The highest BCUT2D eigenvalue weighted by Gasteiger charge is 2.12. The average Bonchev–Trinajstić information content (AvgIpc) is 2.83. The van der Waals surface area contributed by atoms with E-state index in [-0.39, 0.29) is 0 Å². The maximum Gasteiger partial charge on any atom is 0.135 e. The molecule has 6 heteroatoms. The maximum absolute atomic E-state index is 4.19. The number of hydrogen-bond donors (Lipinski definition) is 0. The zero-order chi connectivity index (χ0) is 23.0. The van der Waals surface area contributed by atoms with Crippen molar-refractivity contribution >= 4 is 0 Å². The molecular formula is C24H46N6. The maximum atomic E-state index is 4.19. The van der Waals surface area contributed by atoms with Crippen molar-refractivity contribution in [1.82, 2.24) is 30.4 Å². The van der Waals surface area contributed by atoms with Gasteiger partial charge in [0.2, 0.25) is 0 Å². The normalized spacial score (nSPS) is 9.67. The summed E-state index contributed by atoms with van der Waals surface area (Å²) in [5, 5.41) is 11.4. The average molecular weight is 419 g/mol. The van der Waals surface area contributed by atoms with Crippen LogP contribution < -0.4 is 0 Å². The van der Waals surface area contributed by atoms with Gasteiger partial charge in [-0.05, 0) is 37.0 Å². The van der Waals surface area contributed by atoms with E-state index in [4.69, 9.17) is 0 Å². The van der Waals surface area contributed by atoms with E-state index in [2.05, 4.69) is 58.1 Å². The molecule has 0 bridgehead atoms. The number of hydrogen-bond acceptors (Lipinski definition) is 6. The molecule has 0 amide bonds. The molecule has 2 heterocycles. The topological polar surface area (TPSA) is 77.3 Å². The monoisotopic (exact) mass is 418 g/mol. The van der Waals surface area contributed by atoms with E-state index in [0.29, 0.717) is 11.8 Å². The lowest BCUT2D eigenvalue weighted by atomic mass is 9.95. The molecule has 2 aromatic heterocycles. The zero-order valence-corrected chi connectivity index (χ0v) is 20.8. The Bertz CT molecular complexity index is 487. The van der Waals surface area contributed by atoms with E-state index in [0.717, 1.165) is 11.5 Å². The molecule has 0 aromatic carbocycles. The molecule has 0 radical (unpaired) electrons. The molecule has 0 aliphatic rings. The third-order valence-electron chi connectivity index (χ3n) is 4.37. The Labute approximate surface area is 185 Å². The molecule has 0 spiro atoms. The lowest BCUT2D eigenvalue weighted by molar-refractivity contribution is 0.531. The van der Waals surface area contributed by atoms with Gasteiger partial charge in [0.1, 0.15) is 18.5 Å². The van der Waals surface area contributed by atoms with Crippen LogP contribution in [0.5, 0.6) is 0 Å². The zero-order valence-electron chi connectivity index (χ0n) is 20.8. The first kappa shape index (κ1) is 30.2. The van der Waals surface area contributed by atoms with Gasteiger partial charge in [0.25, 0.3) is 0 Å². The molecule has 6 nitrogen and oxygen atoms in total. The van der Waals surface area contributed by atoms with Crippen molar-refractivity contribution in [1.29, 1.82) is 0 Å². The summed E-state index contributed by atoms with van der Waals surface area (Å²) in [6.07, 6.45) is 14.4. The first-order valence-corrected chi connectivity index (χ1v) is 12.0. The van der Waals surface area contributed by atoms with Crippen molar-refractivity contribution in [3.8, 4) is 0 Å². The molecule has 2 aromatic rings. The number of rotatable bonds is 10. The van der Waals surface area contributed by atoms with Gasteiger partial charge >= 0.3 is 0 Å². The predicted molar refractivity (Wildman–Crippen MR) is 127 cm³/mol. The summed E-state index contributed by atoms with van der Waals surface area (Å²) in [7, 11) is 0. The minimum absolute atomic E-state index is 0.526. The first-order chi connectivity index (χ1) is 14.8. The van der Waals surface area contributed by atoms with Crippen molar-refractivity contribution in [3.05, 3.63) is 36.4 Å². The summed E-state index contributed by atoms with van der Waals surface area (Å²) >= 11 is 0. The highest BCUT2D eigenvalue weighted by Crippen LogP contribution is 2.23. The third-order valence-corrected chi connectivity index (χ3v) is 4.37. The highest BCUT2D eigenvalue weighted by atomic mass is 15.3. The fraction of sp³-hybridized carbons (Fsp3) is 0.750. The Kier molecular flexibility index (Phi) is 23.5. The van der Waals surface area contributed by atoms with Crippen molar-refractivity contribution in [2.75, 3.05) is 0 Å². The van der Waals surface area contributed by atoms with Crippen LogP contribution in [0.15, 0.2) is 24.9 Å². The predicted octanol–water partition coefficient (Wildman–Crippen LogP) is 7.16. The van der Waals surface area contributed by atoms with E-state index in [1.807, 2.05) is 33.8 Å². The second kappa shape index (κ2) is 23.3. The van der Waals surface area contributed by atoms with Gasteiger partial charge in [-0.1, -0.05) is 81.1 Å². The van der Waals surface area contributed by atoms with Crippen LogP contribution in [0.2, 0.25) is 0 Å². The summed E-state index contributed by atoms with van der Waals surface area (Å²) in [6.45, 7) is 16.8. The van der Waals surface area contributed by atoms with Crippen molar-refractivity contribution in [2.45, 2.75) is 119 Å². The Morgan fingerprint density at radius 1 is 0.700 bits per heavy atom. The Morgan fingerprint density at radius 3 is 1.57 bits per heavy atom. The second-order valence-electron chi connectivity index (χ2n) is 6.59. The number of aromatic nitrogens is 6. The van der Waals surface area contributed by atoms with E-state index in [1.54, 1.807) is 18.9 Å². The van der Waals surface area contributed by atoms with Crippen LogP contribution in [0.1, 0.15) is 130 Å². The van der Waals surface area contributed by atoms with Gasteiger partial charge in [-0.15, -0.1) is 10.2 Å². The minimum Gasteiger partial charge on any atom is -0.225 e. The molecule has 0 atom stereocenters. The van der Waals surface area contributed by atoms with Gasteiger partial charge in [0.15, 0.2) is 0 Å². The van der Waals surface area contributed by atoms with Crippen LogP contribution in [-0.4, -0.2) is 30.4 Å². The van der Waals surface area contributed by atoms with E-state index >= 15 is 0 Å². The van der Waals surface area contributed by atoms with Crippen LogP contribution in [0.4, 0.5) is 0 Å². The molecule has 0 aliphatic heterocycles. The van der Waals surface area contributed by atoms with Crippen LogP contribution in [0.25, 0.3) is 0 Å². The van der Waals surface area contributed by atoms with Crippen LogP contribution in [0, 0.1) is 0 Å². The fourth-order valence-corrected chi connectivity index (χ4v) is 3.16. The quantitative estimate of drug-likeness (QED) is 0.407. The molecule has 0 N–H and O–H groups in total. The van der Waals surface area contributed by atoms with Gasteiger partial charge in [0, 0.05) is 11.8 Å². The summed E-state index contributed by atoms with van der Waals surface area (Å²) in [5.41, 5.74) is 1.10. The highest BCUT2D eigenvalue weighted by molar-refractivity contribution is 5.03. The molecule has 0 unspecified atom stereocenters. The molecule has 0 fully saturated rings. The summed E-state index contributed by atoms with van der Waals surface area (Å²) in [4.78, 5) is 12.2. The molecule has 0 saturated heterocycles. The summed E-state index contributed by atoms with van der Waals surface area (Å²) in [5.74, 6) is 2.06. The van der Waals surface area contributed by atoms with E-state index in [1.165, 1.54) is 51.4 Å². The summed E-state index contributed by atoms with van der Waals surface area (Å²) < 4.78 is 0. The van der Waals surface area contributed by atoms with Crippen molar-refractivity contribution < 1.29 is 0 Å². The SMILES string of the molecule is CC.CC.CCCC(CCC)c1ccnnn1.CCCC(CCC)c1ncncn1. The van der Waals surface area contributed by atoms with Gasteiger partial charge < -0.3 is 0 Å². The Morgan fingerprint density at radius 2 is 1.17 bits per heavy atom.